The fourth-order valence-electron chi connectivity index (χ4n) is 2.94. The van der Waals surface area contributed by atoms with Crippen molar-refractivity contribution in [3.05, 3.63) is 53.1 Å². The molecule has 6 nitrogen and oxygen atoms in total. The van der Waals surface area contributed by atoms with Gasteiger partial charge in [-0.1, -0.05) is 23.7 Å². The third kappa shape index (κ3) is 4.73. The highest BCUT2D eigenvalue weighted by atomic mass is 35.5. The molecule has 1 aliphatic heterocycles. The van der Waals surface area contributed by atoms with Gasteiger partial charge in [-0.3, -0.25) is 9.52 Å². The number of ether oxygens (including phenoxy) is 1. The Kier molecular flexibility index (Phi) is 5.92. The molecule has 0 unspecified atom stereocenters. The number of carbonyl (C=O) groups is 1. The maximum atomic E-state index is 12.7. The molecular formula is C19H21ClN2O4S. The summed E-state index contributed by atoms with van der Waals surface area (Å²) in [7, 11) is -3.79. The standard InChI is InChI=1S/C19H21ClN2O4S/c1-14-17(20)8-5-9-18(14)27(24,25)21-15-6-4-7-16(12-15)26-13-19(23)22-10-2-3-11-22/h4-9,12,21H,2-3,10-11,13H2,1H3. The number of anilines is 1. The topological polar surface area (TPSA) is 75.7 Å². The average molecular weight is 409 g/mol. The minimum absolute atomic E-state index is 0.0620. The van der Waals surface area contributed by atoms with Crippen molar-refractivity contribution in [2.24, 2.45) is 0 Å². The first-order valence-electron chi connectivity index (χ1n) is 8.65. The fraction of sp³-hybridized carbons (Fsp3) is 0.316. The average Bonchev–Trinajstić information content (AvgIpc) is 3.16. The lowest BCUT2D eigenvalue weighted by Crippen LogP contribution is -2.32. The molecule has 0 aromatic heterocycles. The van der Waals surface area contributed by atoms with Crippen molar-refractivity contribution in [3.8, 4) is 5.75 Å². The first-order chi connectivity index (χ1) is 12.9. The summed E-state index contributed by atoms with van der Waals surface area (Å²) in [5, 5.41) is 0.385. The minimum atomic E-state index is -3.79. The van der Waals surface area contributed by atoms with Crippen LogP contribution in [0.25, 0.3) is 0 Å². The number of nitrogens with zero attached hydrogens (tertiary/aromatic N) is 1. The molecule has 0 aliphatic carbocycles. The van der Waals surface area contributed by atoms with Crippen LogP contribution >= 0.6 is 11.6 Å². The number of amides is 1. The van der Waals surface area contributed by atoms with Gasteiger partial charge in [-0.05, 0) is 49.6 Å². The normalized spacial score (nSPS) is 14.2. The number of nitrogens with one attached hydrogen (secondary N) is 1. The van der Waals surface area contributed by atoms with Gasteiger partial charge >= 0.3 is 0 Å². The van der Waals surface area contributed by atoms with Crippen molar-refractivity contribution in [1.29, 1.82) is 0 Å². The van der Waals surface area contributed by atoms with Gasteiger partial charge in [0.1, 0.15) is 5.75 Å². The predicted molar refractivity (Wildman–Crippen MR) is 105 cm³/mol. The summed E-state index contributed by atoms with van der Waals surface area (Å²) in [6.45, 7) is 3.12. The molecule has 144 valence electrons. The molecule has 1 saturated heterocycles. The van der Waals surface area contributed by atoms with E-state index >= 15 is 0 Å². The third-order valence-electron chi connectivity index (χ3n) is 4.41. The Bertz CT molecular complexity index is 940. The monoisotopic (exact) mass is 408 g/mol. The molecule has 1 aliphatic rings. The Hall–Kier alpha value is -2.25. The molecular weight excluding hydrogens is 388 g/mol. The SMILES string of the molecule is Cc1c(Cl)cccc1S(=O)(=O)Nc1cccc(OCC(=O)N2CCCC2)c1. The maximum Gasteiger partial charge on any atom is 0.262 e. The predicted octanol–water partition coefficient (Wildman–Crippen LogP) is 3.45. The number of halogens is 1. The van der Waals surface area contributed by atoms with Crippen molar-refractivity contribution < 1.29 is 17.9 Å². The van der Waals surface area contributed by atoms with E-state index in [0.29, 0.717) is 22.0 Å². The number of carbonyl (C=O) groups excluding carboxylic acids is 1. The van der Waals surface area contributed by atoms with Gasteiger partial charge in [-0.2, -0.15) is 0 Å². The summed E-state index contributed by atoms with van der Waals surface area (Å²) in [5.74, 6) is 0.360. The lowest BCUT2D eigenvalue weighted by Gasteiger charge is -2.16. The van der Waals surface area contributed by atoms with E-state index in [0.717, 1.165) is 25.9 Å². The van der Waals surface area contributed by atoms with Crippen molar-refractivity contribution >= 4 is 33.2 Å². The van der Waals surface area contributed by atoms with Gasteiger partial charge in [0.2, 0.25) is 0 Å². The lowest BCUT2D eigenvalue weighted by molar-refractivity contribution is -0.132. The van der Waals surface area contributed by atoms with Crippen molar-refractivity contribution in [1.82, 2.24) is 4.90 Å². The van der Waals surface area contributed by atoms with Crippen molar-refractivity contribution in [2.75, 3.05) is 24.4 Å². The first-order valence-corrected chi connectivity index (χ1v) is 10.5. The Morgan fingerprint density at radius 2 is 1.89 bits per heavy atom. The summed E-state index contributed by atoms with van der Waals surface area (Å²) < 4.78 is 33.4. The number of benzene rings is 2. The minimum Gasteiger partial charge on any atom is -0.484 e. The third-order valence-corrected chi connectivity index (χ3v) is 6.35. The van der Waals surface area contributed by atoms with Crippen LogP contribution in [0.5, 0.6) is 5.75 Å². The second-order valence-electron chi connectivity index (χ2n) is 6.37. The van der Waals surface area contributed by atoms with E-state index in [-0.39, 0.29) is 17.4 Å². The lowest BCUT2D eigenvalue weighted by atomic mass is 10.2. The number of rotatable bonds is 6. The van der Waals surface area contributed by atoms with Crippen LogP contribution in [-0.2, 0) is 14.8 Å². The number of sulfonamides is 1. The number of hydrogen-bond acceptors (Lipinski definition) is 4. The quantitative estimate of drug-likeness (QED) is 0.794. The summed E-state index contributed by atoms with van der Waals surface area (Å²) in [5.41, 5.74) is 0.829. The molecule has 1 fully saturated rings. The van der Waals surface area contributed by atoms with Crippen LogP contribution in [0.2, 0.25) is 5.02 Å². The van der Waals surface area contributed by atoms with Crippen LogP contribution in [-0.4, -0.2) is 38.9 Å². The Morgan fingerprint density at radius 1 is 1.19 bits per heavy atom. The van der Waals surface area contributed by atoms with Crippen LogP contribution < -0.4 is 9.46 Å². The van der Waals surface area contributed by atoms with Crippen LogP contribution in [0, 0.1) is 6.92 Å². The second-order valence-corrected chi connectivity index (χ2v) is 8.43. The molecule has 1 amide bonds. The number of likely N-dealkylation sites (tertiary alicyclic amines) is 1. The van der Waals surface area contributed by atoms with Crippen molar-refractivity contribution in [3.63, 3.8) is 0 Å². The Balaban J connectivity index is 1.69. The van der Waals surface area contributed by atoms with Gasteiger partial charge in [0, 0.05) is 24.2 Å². The second kappa shape index (κ2) is 8.19. The number of hydrogen-bond donors (Lipinski definition) is 1. The summed E-state index contributed by atoms with van der Waals surface area (Å²) in [6, 6.07) is 11.2. The fourth-order valence-corrected chi connectivity index (χ4v) is 4.49. The van der Waals surface area contributed by atoms with E-state index in [1.54, 1.807) is 48.2 Å². The van der Waals surface area contributed by atoms with E-state index < -0.39 is 10.0 Å². The summed E-state index contributed by atoms with van der Waals surface area (Å²) >= 11 is 6.02. The van der Waals surface area contributed by atoms with Crippen LogP contribution in [0.3, 0.4) is 0 Å². The molecule has 8 heteroatoms. The van der Waals surface area contributed by atoms with Gasteiger partial charge in [0.15, 0.2) is 6.61 Å². The van der Waals surface area contributed by atoms with Crippen LogP contribution in [0.15, 0.2) is 47.4 Å². The summed E-state index contributed by atoms with van der Waals surface area (Å²) in [4.78, 5) is 14.0. The van der Waals surface area contributed by atoms with Gasteiger partial charge in [0.25, 0.3) is 15.9 Å². The Morgan fingerprint density at radius 3 is 2.63 bits per heavy atom. The zero-order valence-electron chi connectivity index (χ0n) is 14.9. The highest BCUT2D eigenvalue weighted by molar-refractivity contribution is 7.92. The molecule has 0 radical (unpaired) electrons. The summed E-state index contributed by atoms with van der Waals surface area (Å²) in [6.07, 6.45) is 2.04. The molecule has 3 rings (SSSR count). The first kappa shape index (κ1) is 19.5. The molecule has 1 heterocycles. The van der Waals surface area contributed by atoms with E-state index in [9.17, 15) is 13.2 Å². The van der Waals surface area contributed by atoms with E-state index in [4.69, 9.17) is 16.3 Å². The molecule has 0 saturated carbocycles. The van der Waals surface area contributed by atoms with Gasteiger partial charge < -0.3 is 9.64 Å². The molecule has 0 spiro atoms. The molecule has 27 heavy (non-hydrogen) atoms. The van der Waals surface area contributed by atoms with Crippen LogP contribution in [0.1, 0.15) is 18.4 Å². The smallest absolute Gasteiger partial charge is 0.262 e. The molecule has 2 aromatic carbocycles. The highest BCUT2D eigenvalue weighted by Crippen LogP contribution is 2.26. The van der Waals surface area contributed by atoms with E-state index in [1.165, 1.54) is 6.07 Å². The zero-order valence-corrected chi connectivity index (χ0v) is 16.5. The largest absolute Gasteiger partial charge is 0.484 e. The Labute approximate surface area is 164 Å². The molecule has 0 atom stereocenters. The van der Waals surface area contributed by atoms with Gasteiger partial charge in [-0.15, -0.1) is 0 Å². The molecule has 2 aromatic rings. The van der Waals surface area contributed by atoms with E-state index in [2.05, 4.69) is 4.72 Å². The zero-order chi connectivity index (χ0) is 19.4. The van der Waals surface area contributed by atoms with E-state index in [1.807, 2.05) is 0 Å². The highest BCUT2D eigenvalue weighted by Gasteiger charge is 2.20. The van der Waals surface area contributed by atoms with Crippen LogP contribution in [0.4, 0.5) is 5.69 Å². The molecule has 0 bridgehead atoms. The van der Waals surface area contributed by atoms with Gasteiger partial charge in [-0.25, -0.2) is 8.42 Å². The molecule has 1 N–H and O–H groups in total. The van der Waals surface area contributed by atoms with Gasteiger partial charge in [0.05, 0.1) is 10.6 Å². The van der Waals surface area contributed by atoms with Crippen molar-refractivity contribution in [2.45, 2.75) is 24.7 Å². The maximum absolute atomic E-state index is 12.7.